The second-order valence-electron chi connectivity index (χ2n) is 7.88. The third kappa shape index (κ3) is 4.83. The van der Waals surface area contributed by atoms with Gasteiger partial charge < -0.3 is 11.2 Å². The summed E-state index contributed by atoms with van der Waals surface area (Å²) in [5.74, 6) is 8.34. The molecule has 0 bridgehead atoms. The van der Waals surface area contributed by atoms with Crippen LogP contribution in [-0.2, 0) is 4.79 Å². The number of rotatable bonds is 8. The van der Waals surface area contributed by atoms with Gasteiger partial charge in [-0.05, 0) is 35.8 Å². The highest BCUT2D eigenvalue weighted by atomic mass is 32.2. The minimum atomic E-state index is -0.0254. The van der Waals surface area contributed by atoms with E-state index in [1.54, 1.807) is 0 Å². The number of hydrogen-bond acceptors (Lipinski definition) is 5. The highest BCUT2D eigenvalue weighted by molar-refractivity contribution is 7.99. The van der Waals surface area contributed by atoms with Crippen LogP contribution < -0.4 is 11.2 Å². The van der Waals surface area contributed by atoms with Crippen molar-refractivity contribution in [2.45, 2.75) is 63.6 Å². The van der Waals surface area contributed by atoms with Gasteiger partial charge in [-0.25, -0.2) is 4.68 Å². The van der Waals surface area contributed by atoms with Crippen molar-refractivity contribution in [1.29, 1.82) is 0 Å². The Hall–Kier alpha value is -2.02. The molecule has 1 aliphatic carbocycles. The molecule has 1 atom stereocenters. The predicted octanol–water partition coefficient (Wildman–Crippen LogP) is 3.60. The van der Waals surface area contributed by atoms with E-state index in [-0.39, 0.29) is 17.7 Å². The summed E-state index contributed by atoms with van der Waals surface area (Å²) in [7, 11) is 0. The van der Waals surface area contributed by atoms with Gasteiger partial charge in [0.15, 0.2) is 5.82 Å². The Labute approximate surface area is 165 Å². The van der Waals surface area contributed by atoms with Crippen LogP contribution in [0.5, 0.6) is 0 Å². The fraction of sp³-hybridized carbons (Fsp3) is 0.550. The standard InChI is InChI=1S/C20H29N5OS/c1-12(2)14-5-7-15(8-6-14)18(13(3)4)22-17(26)11-27-20-24-23-19(25(20)21)16-9-10-16/h5-8,12-13,16,18H,9-11,21H2,1-4H3,(H,22,26)/t18-/m0/s1. The van der Waals surface area contributed by atoms with Crippen molar-refractivity contribution in [3.8, 4) is 0 Å². The maximum atomic E-state index is 12.5. The molecule has 1 saturated carbocycles. The molecule has 7 heteroatoms. The lowest BCUT2D eigenvalue weighted by molar-refractivity contribution is -0.119. The quantitative estimate of drug-likeness (QED) is 0.534. The van der Waals surface area contributed by atoms with Gasteiger partial charge in [-0.15, -0.1) is 10.2 Å². The van der Waals surface area contributed by atoms with Gasteiger partial charge in [-0.2, -0.15) is 0 Å². The zero-order valence-corrected chi connectivity index (χ0v) is 17.3. The number of nitrogens with zero attached hydrogens (tertiary/aromatic N) is 3. The first-order chi connectivity index (χ1) is 12.9. The van der Waals surface area contributed by atoms with Crippen LogP contribution in [0.25, 0.3) is 0 Å². The molecule has 1 amide bonds. The molecule has 2 aromatic rings. The van der Waals surface area contributed by atoms with E-state index in [2.05, 4.69) is 67.5 Å². The largest absolute Gasteiger partial charge is 0.348 e. The number of nitrogens with two attached hydrogens (primary N) is 1. The number of nitrogen functional groups attached to an aromatic ring is 1. The summed E-state index contributed by atoms with van der Waals surface area (Å²) in [6.45, 7) is 8.59. The van der Waals surface area contributed by atoms with Gasteiger partial charge in [-0.1, -0.05) is 63.7 Å². The van der Waals surface area contributed by atoms with E-state index in [9.17, 15) is 4.79 Å². The molecule has 1 fully saturated rings. The lowest BCUT2D eigenvalue weighted by Crippen LogP contribution is -2.33. The van der Waals surface area contributed by atoms with Crippen molar-refractivity contribution in [3.05, 3.63) is 41.2 Å². The van der Waals surface area contributed by atoms with Crippen molar-refractivity contribution >= 4 is 17.7 Å². The van der Waals surface area contributed by atoms with Crippen LogP contribution in [0.4, 0.5) is 0 Å². The van der Waals surface area contributed by atoms with E-state index < -0.39 is 0 Å². The number of hydrogen-bond donors (Lipinski definition) is 2. The van der Waals surface area contributed by atoms with Crippen molar-refractivity contribution in [3.63, 3.8) is 0 Å². The Morgan fingerprint density at radius 2 is 1.81 bits per heavy atom. The molecule has 0 unspecified atom stereocenters. The number of aromatic nitrogens is 3. The van der Waals surface area contributed by atoms with E-state index in [1.807, 2.05) is 0 Å². The van der Waals surface area contributed by atoms with Gasteiger partial charge in [0, 0.05) is 5.92 Å². The number of amides is 1. The van der Waals surface area contributed by atoms with Crippen LogP contribution in [0.1, 0.15) is 75.4 Å². The Morgan fingerprint density at radius 1 is 1.19 bits per heavy atom. The molecule has 1 aromatic carbocycles. The Morgan fingerprint density at radius 3 is 2.37 bits per heavy atom. The van der Waals surface area contributed by atoms with Gasteiger partial charge in [0.2, 0.25) is 11.1 Å². The molecule has 0 spiro atoms. The van der Waals surface area contributed by atoms with Crippen molar-refractivity contribution in [2.75, 3.05) is 11.6 Å². The molecule has 3 rings (SSSR count). The lowest BCUT2D eigenvalue weighted by atomic mass is 9.93. The molecule has 1 aromatic heterocycles. The Balaban J connectivity index is 1.60. The number of carbonyl (C=O) groups is 1. The summed E-state index contributed by atoms with van der Waals surface area (Å²) in [6.07, 6.45) is 2.23. The van der Waals surface area contributed by atoms with E-state index in [0.29, 0.717) is 22.9 Å². The molecule has 3 N–H and O–H groups in total. The average molecular weight is 388 g/mol. The molecule has 0 radical (unpaired) electrons. The van der Waals surface area contributed by atoms with Crippen LogP contribution in [0.2, 0.25) is 0 Å². The van der Waals surface area contributed by atoms with Gasteiger partial charge in [-0.3, -0.25) is 4.79 Å². The Bertz CT molecular complexity index is 780. The molecule has 1 heterocycles. The summed E-state index contributed by atoms with van der Waals surface area (Å²) in [5.41, 5.74) is 2.43. The second-order valence-corrected chi connectivity index (χ2v) is 8.83. The fourth-order valence-corrected chi connectivity index (χ4v) is 3.75. The maximum absolute atomic E-state index is 12.5. The third-order valence-corrected chi connectivity index (χ3v) is 5.85. The minimum Gasteiger partial charge on any atom is -0.348 e. The number of thioether (sulfide) groups is 1. The highest BCUT2D eigenvalue weighted by Gasteiger charge is 2.30. The van der Waals surface area contributed by atoms with Gasteiger partial charge in [0.05, 0.1) is 11.8 Å². The summed E-state index contributed by atoms with van der Waals surface area (Å²) >= 11 is 1.33. The first-order valence-electron chi connectivity index (χ1n) is 9.59. The zero-order chi connectivity index (χ0) is 19.6. The highest BCUT2D eigenvalue weighted by Crippen LogP contribution is 2.39. The first-order valence-corrected chi connectivity index (χ1v) is 10.6. The summed E-state index contributed by atoms with van der Waals surface area (Å²) in [5, 5.41) is 12.0. The second kappa shape index (κ2) is 8.33. The minimum absolute atomic E-state index is 0.0166. The van der Waals surface area contributed by atoms with Gasteiger partial charge in [0.1, 0.15) is 0 Å². The zero-order valence-electron chi connectivity index (χ0n) is 16.5. The maximum Gasteiger partial charge on any atom is 0.230 e. The number of benzene rings is 1. The van der Waals surface area contributed by atoms with E-state index in [4.69, 9.17) is 5.84 Å². The number of nitrogens with one attached hydrogen (secondary N) is 1. The average Bonchev–Trinajstić information content (AvgIpc) is 3.41. The Kier molecular flexibility index (Phi) is 6.09. The van der Waals surface area contributed by atoms with Crippen molar-refractivity contribution < 1.29 is 4.79 Å². The smallest absolute Gasteiger partial charge is 0.230 e. The lowest BCUT2D eigenvalue weighted by Gasteiger charge is -2.23. The van der Waals surface area contributed by atoms with Gasteiger partial charge >= 0.3 is 0 Å². The summed E-state index contributed by atoms with van der Waals surface area (Å²) in [4.78, 5) is 12.5. The van der Waals surface area contributed by atoms with E-state index in [1.165, 1.54) is 22.0 Å². The third-order valence-electron chi connectivity index (χ3n) is 4.91. The van der Waals surface area contributed by atoms with Gasteiger partial charge in [0.25, 0.3) is 0 Å². The summed E-state index contributed by atoms with van der Waals surface area (Å²) in [6, 6.07) is 8.51. The molecule has 6 nitrogen and oxygen atoms in total. The molecule has 0 saturated heterocycles. The van der Waals surface area contributed by atoms with E-state index >= 15 is 0 Å². The van der Waals surface area contributed by atoms with Crippen molar-refractivity contribution in [2.24, 2.45) is 5.92 Å². The molecule has 146 valence electrons. The van der Waals surface area contributed by atoms with Crippen LogP contribution in [0, 0.1) is 5.92 Å². The molecular formula is C20H29N5OS. The van der Waals surface area contributed by atoms with Crippen molar-refractivity contribution in [1.82, 2.24) is 20.2 Å². The van der Waals surface area contributed by atoms with Crippen LogP contribution in [0.15, 0.2) is 29.4 Å². The predicted molar refractivity (Wildman–Crippen MR) is 109 cm³/mol. The van der Waals surface area contributed by atoms with E-state index in [0.717, 1.165) is 24.2 Å². The first kappa shape index (κ1) is 19.7. The topological polar surface area (TPSA) is 85.8 Å². The molecule has 1 aliphatic rings. The van der Waals surface area contributed by atoms with Crippen LogP contribution in [0.3, 0.4) is 0 Å². The normalized spacial score (nSPS) is 15.3. The molecule has 27 heavy (non-hydrogen) atoms. The molecule has 0 aliphatic heterocycles. The van der Waals surface area contributed by atoms with Crippen LogP contribution >= 0.6 is 11.8 Å². The monoisotopic (exact) mass is 387 g/mol. The number of carbonyl (C=O) groups excluding carboxylic acids is 1. The molecular weight excluding hydrogens is 358 g/mol. The SMILES string of the molecule is CC(C)c1ccc([C@@H](NC(=O)CSc2nnc(C3CC3)n2N)C(C)C)cc1. The summed E-state index contributed by atoms with van der Waals surface area (Å²) < 4.78 is 1.53. The fourth-order valence-electron chi connectivity index (χ4n) is 3.07. The van der Waals surface area contributed by atoms with Crippen LogP contribution in [-0.4, -0.2) is 26.5 Å².